The zero-order valence-electron chi connectivity index (χ0n) is 9.70. The maximum Gasteiger partial charge on any atom is 0.354 e. The van der Waals surface area contributed by atoms with E-state index in [0.717, 1.165) is 0 Å². The van der Waals surface area contributed by atoms with Gasteiger partial charge in [0, 0.05) is 6.07 Å². The van der Waals surface area contributed by atoms with E-state index in [9.17, 15) is 9.59 Å². The number of carboxylic acid groups (broad SMARTS) is 1. The lowest BCUT2D eigenvalue weighted by Gasteiger charge is -2.05. The fourth-order valence-corrected chi connectivity index (χ4v) is 1.50. The summed E-state index contributed by atoms with van der Waals surface area (Å²) in [6.07, 6.45) is 0. The van der Waals surface area contributed by atoms with E-state index in [-0.39, 0.29) is 17.8 Å². The van der Waals surface area contributed by atoms with E-state index >= 15 is 0 Å². The van der Waals surface area contributed by atoms with Crippen LogP contribution in [0.3, 0.4) is 0 Å². The van der Waals surface area contributed by atoms with Crippen molar-refractivity contribution in [2.75, 3.05) is 0 Å². The minimum Gasteiger partial charge on any atom is -0.477 e. The highest BCUT2D eigenvalue weighted by molar-refractivity contribution is 5.85. The fraction of sp³-hybridized carbons (Fsp3) is 0.167. The molecule has 2 aromatic rings. The molecule has 0 bridgehead atoms. The van der Waals surface area contributed by atoms with Crippen molar-refractivity contribution in [1.29, 1.82) is 0 Å². The van der Waals surface area contributed by atoms with Crippen molar-refractivity contribution in [1.82, 2.24) is 14.8 Å². The van der Waals surface area contributed by atoms with Gasteiger partial charge in [0.25, 0.3) is 5.56 Å². The molecule has 0 aromatic carbocycles. The summed E-state index contributed by atoms with van der Waals surface area (Å²) in [6.45, 7) is 1.93. The highest BCUT2D eigenvalue weighted by atomic mass is 16.4. The van der Waals surface area contributed by atoms with Crippen molar-refractivity contribution in [3.8, 4) is 0 Å². The summed E-state index contributed by atoms with van der Waals surface area (Å²) in [5, 5.41) is 12.9. The first kappa shape index (κ1) is 12.0. The summed E-state index contributed by atoms with van der Waals surface area (Å²) in [4.78, 5) is 26.3. The molecular formula is C12H11N3O3. The first-order chi connectivity index (χ1) is 8.56. The summed E-state index contributed by atoms with van der Waals surface area (Å²) < 4.78 is 1.25. The number of hydrogen-bond donors (Lipinski definition) is 1. The minimum absolute atomic E-state index is 0.0480. The molecule has 2 aromatic heterocycles. The van der Waals surface area contributed by atoms with Crippen molar-refractivity contribution >= 4 is 5.97 Å². The van der Waals surface area contributed by atoms with Gasteiger partial charge in [-0.3, -0.25) is 4.79 Å². The van der Waals surface area contributed by atoms with Crippen LogP contribution in [0, 0.1) is 6.92 Å². The maximum atomic E-state index is 11.6. The van der Waals surface area contributed by atoms with Crippen LogP contribution in [-0.2, 0) is 6.54 Å². The molecule has 0 amide bonds. The smallest absolute Gasteiger partial charge is 0.354 e. The molecule has 0 atom stereocenters. The second-order valence-corrected chi connectivity index (χ2v) is 3.79. The maximum absolute atomic E-state index is 11.6. The van der Waals surface area contributed by atoms with Gasteiger partial charge in [0.15, 0.2) is 0 Å². The summed E-state index contributed by atoms with van der Waals surface area (Å²) >= 11 is 0. The number of aromatic carboxylic acids is 1. The van der Waals surface area contributed by atoms with E-state index in [2.05, 4.69) is 10.1 Å². The second-order valence-electron chi connectivity index (χ2n) is 3.79. The lowest BCUT2D eigenvalue weighted by atomic mass is 10.3. The standard InChI is InChI=1S/C12H11N3O3/c1-8-5-6-11(16)15(14-8)7-9-3-2-4-10(13-9)12(17)18/h2-6H,7H2,1H3,(H,17,18). The van der Waals surface area contributed by atoms with Crippen molar-refractivity contribution in [2.24, 2.45) is 0 Å². The van der Waals surface area contributed by atoms with Crippen LogP contribution in [0.5, 0.6) is 0 Å². The van der Waals surface area contributed by atoms with Crippen LogP contribution in [0.1, 0.15) is 21.9 Å². The molecule has 2 rings (SSSR count). The van der Waals surface area contributed by atoms with Crippen molar-refractivity contribution in [2.45, 2.75) is 13.5 Å². The number of aromatic nitrogens is 3. The Morgan fingerprint density at radius 1 is 1.33 bits per heavy atom. The fourth-order valence-electron chi connectivity index (χ4n) is 1.50. The van der Waals surface area contributed by atoms with Crippen LogP contribution in [-0.4, -0.2) is 25.8 Å². The van der Waals surface area contributed by atoms with Crippen LogP contribution >= 0.6 is 0 Å². The van der Waals surface area contributed by atoms with Crippen molar-refractivity contribution in [3.63, 3.8) is 0 Å². The molecule has 0 aliphatic heterocycles. The Balaban J connectivity index is 2.34. The molecule has 0 unspecified atom stereocenters. The Kier molecular flexibility index (Phi) is 3.18. The molecule has 0 saturated heterocycles. The number of nitrogens with zero attached hydrogens (tertiary/aromatic N) is 3. The van der Waals surface area contributed by atoms with E-state index in [1.807, 2.05) is 0 Å². The number of aryl methyl sites for hydroxylation is 1. The van der Waals surface area contributed by atoms with Crippen LogP contribution in [0.2, 0.25) is 0 Å². The number of pyridine rings is 1. The van der Waals surface area contributed by atoms with Crippen LogP contribution < -0.4 is 5.56 Å². The third-order valence-electron chi connectivity index (χ3n) is 2.34. The lowest BCUT2D eigenvalue weighted by Crippen LogP contribution is -2.23. The average molecular weight is 245 g/mol. The van der Waals surface area contributed by atoms with Gasteiger partial charge >= 0.3 is 5.97 Å². The van der Waals surface area contributed by atoms with Gasteiger partial charge in [-0.1, -0.05) is 6.07 Å². The quantitative estimate of drug-likeness (QED) is 0.860. The van der Waals surface area contributed by atoms with Crippen LogP contribution in [0.4, 0.5) is 0 Å². The molecule has 0 saturated carbocycles. The highest BCUT2D eigenvalue weighted by Crippen LogP contribution is 2.01. The Bertz CT molecular complexity index is 649. The van der Waals surface area contributed by atoms with E-state index in [0.29, 0.717) is 11.4 Å². The van der Waals surface area contributed by atoms with Crippen molar-refractivity contribution < 1.29 is 9.90 Å². The van der Waals surface area contributed by atoms with Gasteiger partial charge < -0.3 is 5.11 Å². The van der Waals surface area contributed by atoms with Gasteiger partial charge in [-0.2, -0.15) is 5.10 Å². The Labute approximate surface area is 103 Å². The summed E-state index contributed by atoms with van der Waals surface area (Å²) in [7, 11) is 0. The topological polar surface area (TPSA) is 85.1 Å². The molecule has 0 aliphatic rings. The summed E-state index contributed by atoms with van der Waals surface area (Å²) in [5.74, 6) is -1.10. The third-order valence-corrected chi connectivity index (χ3v) is 2.34. The Hall–Kier alpha value is -2.50. The molecular weight excluding hydrogens is 234 g/mol. The van der Waals surface area contributed by atoms with Crippen molar-refractivity contribution in [3.05, 3.63) is 57.8 Å². The predicted octanol–water partition coefficient (Wildman–Crippen LogP) is 0.693. The molecule has 92 valence electrons. The number of carboxylic acids is 1. The number of carbonyl (C=O) groups is 1. The number of hydrogen-bond acceptors (Lipinski definition) is 4. The molecule has 18 heavy (non-hydrogen) atoms. The predicted molar refractivity (Wildman–Crippen MR) is 63.5 cm³/mol. The average Bonchev–Trinajstić information content (AvgIpc) is 2.34. The van der Waals surface area contributed by atoms with Gasteiger partial charge in [-0.25, -0.2) is 14.5 Å². The molecule has 0 fully saturated rings. The minimum atomic E-state index is -1.10. The lowest BCUT2D eigenvalue weighted by molar-refractivity contribution is 0.0690. The largest absolute Gasteiger partial charge is 0.477 e. The van der Waals surface area contributed by atoms with E-state index in [4.69, 9.17) is 5.11 Å². The van der Waals surface area contributed by atoms with Gasteiger partial charge in [0.2, 0.25) is 0 Å². The first-order valence-corrected chi connectivity index (χ1v) is 5.30. The molecule has 6 heteroatoms. The summed E-state index contributed by atoms with van der Waals surface area (Å²) in [5.41, 5.74) is 0.899. The molecule has 0 radical (unpaired) electrons. The zero-order chi connectivity index (χ0) is 13.1. The number of rotatable bonds is 3. The normalized spacial score (nSPS) is 10.3. The zero-order valence-corrected chi connectivity index (χ0v) is 9.70. The molecule has 0 aliphatic carbocycles. The van der Waals surface area contributed by atoms with Gasteiger partial charge in [0.05, 0.1) is 17.9 Å². The van der Waals surface area contributed by atoms with E-state index < -0.39 is 5.97 Å². The van der Waals surface area contributed by atoms with E-state index in [1.165, 1.54) is 16.8 Å². The SMILES string of the molecule is Cc1ccc(=O)n(Cc2cccc(C(=O)O)n2)n1. The molecule has 0 spiro atoms. The molecule has 1 N–H and O–H groups in total. The Morgan fingerprint density at radius 3 is 2.83 bits per heavy atom. The van der Waals surface area contributed by atoms with E-state index in [1.54, 1.807) is 25.1 Å². The third kappa shape index (κ3) is 2.60. The van der Waals surface area contributed by atoms with Gasteiger partial charge in [-0.15, -0.1) is 0 Å². The highest BCUT2D eigenvalue weighted by Gasteiger charge is 2.06. The Morgan fingerprint density at radius 2 is 2.11 bits per heavy atom. The first-order valence-electron chi connectivity index (χ1n) is 5.30. The second kappa shape index (κ2) is 4.79. The molecule has 6 nitrogen and oxygen atoms in total. The summed E-state index contributed by atoms with van der Waals surface area (Å²) in [6, 6.07) is 7.69. The van der Waals surface area contributed by atoms with Crippen LogP contribution in [0.25, 0.3) is 0 Å². The molecule has 2 heterocycles. The van der Waals surface area contributed by atoms with Gasteiger partial charge in [0.1, 0.15) is 5.69 Å². The van der Waals surface area contributed by atoms with Gasteiger partial charge in [-0.05, 0) is 25.1 Å². The monoisotopic (exact) mass is 245 g/mol. The van der Waals surface area contributed by atoms with Crippen LogP contribution in [0.15, 0.2) is 35.1 Å².